The fourth-order valence-corrected chi connectivity index (χ4v) is 4.15. The number of fused-ring (bicyclic) bond motifs is 2. The Bertz CT molecular complexity index is 973. The van der Waals surface area contributed by atoms with Gasteiger partial charge in [-0.3, -0.25) is 0 Å². The summed E-state index contributed by atoms with van der Waals surface area (Å²) in [5.74, 6) is 2.70. The van der Waals surface area contributed by atoms with Crippen LogP contribution in [-0.2, 0) is 12.8 Å². The highest BCUT2D eigenvalue weighted by Crippen LogP contribution is 2.31. The normalized spacial score (nSPS) is 17.5. The molecule has 2 aliphatic rings. The van der Waals surface area contributed by atoms with Crippen molar-refractivity contribution in [1.82, 2.24) is 19.9 Å². The molecule has 0 amide bonds. The number of anilines is 1. The van der Waals surface area contributed by atoms with E-state index in [-0.39, 0.29) is 6.10 Å². The summed E-state index contributed by atoms with van der Waals surface area (Å²) in [7, 11) is 0. The van der Waals surface area contributed by atoms with Crippen molar-refractivity contribution in [3.05, 3.63) is 53.3 Å². The van der Waals surface area contributed by atoms with Crippen molar-refractivity contribution in [1.29, 1.82) is 0 Å². The van der Waals surface area contributed by atoms with Gasteiger partial charge < -0.3 is 15.0 Å². The molecule has 0 aliphatic carbocycles. The fourth-order valence-electron chi connectivity index (χ4n) is 4.15. The second-order valence-corrected chi connectivity index (χ2v) is 8.08. The van der Waals surface area contributed by atoms with Crippen LogP contribution >= 0.6 is 0 Å². The molecule has 2 aromatic heterocycles. The van der Waals surface area contributed by atoms with Gasteiger partial charge in [0.15, 0.2) is 5.65 Å². The molecule has 6 heteroatoms. The van der Waals surface area contributed by atoms with Crippen molar-refractivity contribution < 1.29 is 4.74 Å². The highest BCUT2D eigenvalue weighted by atomic mass is 16.5. The van der Waals surface area contributed by atoms with Gasteiger partial charge in [0.2, 0.25) is 0 Å². The van der Waals surface area contributed by atoms with Gasteiger partial charge >= 0.3 is 0 Å². The molecule has 3 aromatic rings. The van der Waals surface area contributed by atoms with E-state index in [1.807, 2.05) is 16.8 Å². The summed E-state index contributed by atoms with van der Waals surface area (Å²) in [5.41, 5.74) is 4.82. The van der Waals surface area contributed by atoms with Crippen molar-refractivity contribution in [3.8, 4) is 5.75 Å². The standard InChI is InChI=1S/C22H27N5O/c1-15(2)16-3-5-17(6-4-16)28-18-13-26(14-18)22-19-7-10-23-11-8-20(19)25-21-9-12-24-27(21)22/h3-6,9,12,15,18,23H,7-8,10-11,13-14H2,1-2H3. The minimum atomic E-state index is 0.211. The van der Waals surface area contributed by atoms with Crippen LogP contribution in [0.3, 0.4) is 0 Å². The third kappa shape index (κ3) is 3.11. The van der Waals surface area contributed by atoms with Crippen molar-refractivity contribution in [2.75, 3.05) is 31.1 Å². The Balaban J connectivity index is 1.35. The maximum absolute atomic E-state index is 6.20. The zero-order valence-corrected chi connectivity index (χ0v) is 16.6. The van der Waals surface area contributed by atoms with E-state index < -0.39 is 0 Å². The lowest BCUT2D eigenvalue weighted by atomic mass is 10.0. The minimum absolute atomic E-state index is 0.211. The van der Waals surface area contributed by atoms with Crippen LogP contribution in [0.25, 0.3) is 5.65 Å². The Labute approximate surface area is 165 Å². The smallest absolute Gasteiger partial charge is 0.157 e. The number of aromatic nitrogens is 3. The number of hydrogen-bond donors (Lipinski definition) is 1. The Morgan fingerprint density at radius 2 is 1.86 bits per heavy atom. The molecule has 6 nitrogen and oxygen atoms in total. The third-order valence-electron chi connectivity index (χ3n) is 5.78. The molecule has 0 unspecified atom stereocenters. The average molecular weight is 377 g/mol. The molecule has 0 spiro atoms. The molecule has 0 atom stereocenters. The predicted octanol–water partition coefficient (Wildman–Crippen LogP) is 2.81. The molecule has 0 bridgehead atoms. The lowest BCUT2D eigenvalue weighted by Gasteiger charge is -2.41. The van der Waals surface area contributed by atoms with E-state index >= 15 is 0 Å². The highest BCUT2D eigenvalue weighted by Gasteiger charge is 2.33. The average Bonchev–Trinajstić information content (AvgIpc) is 3.00. The zero-order valence-electron chi connectivity index (χ0n) is 16.6. The van der Waals surface area contributed by atoms with Crippen LogP contribution in [0, 0.1) is 0 Å². The molecule has 146 valence electrons. The highest BCUT2D eigenvalue weighted by molar-refractivity contribution is 5.59. The van der Waals surface area contributed by atoms with Gasteiger partial charge in [0.05, 0.1) is 25.0 Å². The third-order valence-corrected chi connectivity index (χ3v) is 5.78. The SMILES string of the molecule is CC(C)c1ccc(OC2CN(c3c4c(nc5ccnn35)CCNCC4)C2)cc1. The summed E-state index contributed by atoms with van der Waals surface area (Å²) < 4.78 is 8.20. The Kier molecular flexibility index (Phi) is 4.43. The molecule has 28 heavy (non-hydrogen) atoms. The number of ether oxygens (including phenoxy) is 1. The summed E-state index contributed by atoms with van der Waals surface area (Å²) in [6.45, 7) is 8.16. The van der Waals surface area contributed by atoms with Crippen molar-refractivity contribution >= 4 is 11.5 Å². The van der Waals surface area contributed by atoms with Gasteiger partial charge in [-0.1, -0.05) is 26.0 Å². The Hall–Kier alpha value is -2.60. The van der Waals surface area contributed by atoms with E-state index in [0.29, 0.717) is 5.92 Å². The quantitative estimate of drug-likeness (QED) is 0.758. The Morgan fingerprint density at radius 1 is 1.07 bits per heavy atom. The van der Waals surface area contributed by atoms with Crippen LogP contribution in [0.15, 0.2) is 36.5 Å². The number of benzene rings is 1. The van der Waals surface area contributed by atoms with E-state index in [2.05, 4.69) is 53.4 Å². The van der Waals surface area contributed by atoms with Crippen LogP contribution in [0.2, 0.25) is 0 Å². The number of nitrogens with zero attached hydrogens (tertiary/aromatic N) is 4. The summed E-state index contributed by atoms with van der Waals surface area (Å²) in [6, 6.07) is 10.5. The topological polar surface area (TPSA) is 54.7 Å². The summed E-state index contributed by atoms with van der Waals surface area (Å²) in [6.07, 6.45) is 4.02. The lowest BCUT2D eigenvalue weighted by molar-refractivity contribution is 0.166. The molecular formula is C22H27N5O. The second kappa shape index (κ2) is 7.09. The largest absolute Gasteiger partial charge is 0.487 e. The molecule has 5 rings (SSSR count). The van der Waals surface area contributed by atoms with E-state index in [0.717, 1.165) is 50.4 Å². The Morgan fingerprint density at radius 3 is 2.64 bits per heavy atom. The first-order valence-corrected chi connectivity index (χ1v) is 10.3. The van der Waals surface area contributed by atoms with Gasteiger partial charge in [0.25, 0.3) is 0 Å². The van der Waals surface area contributed by atoms with Crippen LogP contribution in [0.5, 0.6) is 5.75 Å². The first kappa shape index (κ1) is 17.5. The summed E-state index contributed by atoms with van der Waals surface area (Å²) in [5, 5.41) is 8.03. The molecule has 1 fully saturated rings. The van der Waals surface area contributed by atoms with Gasteiger partial charge in [-0.25, -0.2) is 4.98 Å². The van der Waals surface area contributed by atoms with Gasteiger partial charge in [-0.05, 0) is 36.6 Å². The van der Waals surface area contributed by atoms with E-state index in [9.17, 15) is 0 Å². The molecule has 0 radical (unpaired) electrons. The van der Waals surface area contributed by atoms with E-state index in [1.165, 1.54) is 22.6 Å². The molecule has 2 aliphatic heterocycles. The molecule has 1 N–H and O–H groups in total. The lowest BCUT2D eigenvalue weighted by Crippen LogP contribution is -2.55. The first-order valence-electron chi connectivity index (χ1n) is 10.3. The van der Waals surface area contributed by atoms with Crippen LogP contribution < -0.4 is 15.0 Å². The molecule has 4 heterocycles. The van der Waals surface area contributed by atoms with Gasteiger partial charge in [0.1, 0.15) is 17.7 Å². The van der Waals surface area contributed by atoms with Gasteiger partial charge in [0, 0.05) is 24.6 Å². The van der Waals surface area contributed by atoms with E-state index in [4.69, 9.17) is 9.72 Å². The summed E-state index contributed by atoms with van der Waals surface area (Å²) in [4.78, 5) is 7.24. The van der Waals surface area contributed by atoms with E-state index in [1.54, 1.807) is 0 Å². The molecular weight excluding hydrogens is 350 g/mol. The second-order valence-electron chi connectivity index (χ2n) is 8.08. The maximum Gasteiger partial charge on any atom is 0.157 e. The van der Waals surface area contributed by atoms with Gasteiger partial charge in [-0.15, -0.1) is 0 Å². The predicted molar refractivity (Wildman–Crippen MR) is 110 cm³/mol. The fraction of sp³-hybridized carbons (Fsp3) is 0.455. The van der Waals surface area contributed by atoms with Crippen LogP contribution in [-0.4, -0.2) is 46.9 Å². The summed E-state index contributed by atoms with van der Waals surface area (Å²) >= 11 is 0. The minimum Gasteiger partial charge on any atom is -0.487 e. The zero-order chi connectivity index (χ0) is 19.1. The van der Waals surface area contributed by atoms with Crippen molar-refractivity contribution in [2.24, 2.45) is 0 Å². The van der Waals surface area contributed by atoms with Gasteiger partial charge in [-0.2, -0.15) is 9.61 Å². The monoisotopic (exact) mass is 377 g/mol. The maximum atomic E-state index is 6.20. The van der Waals surface area contributed by atoms with Crippen molar-refractivity contribution in [3.63, 3.8) is 0 Å². The molecule has 1 saturated heterocycles. The number of rotatable bonds is 4. The number of hydrogen-bond acceptors (Lipinski definition) is 5. The number of nitrogens with one attached hydrogen (secondary N) is 1. The van der Waals surface area contributed by atoms with Crippen LogP contribution in [0.4, 0.5) is 5.82 Å². The molecule has 1 aromatic carbocycles. The molecule has 0 saturated carbocycles. The first-order chi connectivity index (χ1) is 13.7. The van der Waals surface area contributed by atoms with Crippen molar-refractivity contribution in [2.45, 2.75) is 38.7 Å². The van der Waals surface area contributed by atoms with Crippen LogP contribution in [0.1, 0.15) is 36.6 Å².